The molecule has 4 aromatic rings. The minimum absolute atomic E-state index is 0. The first-order valence-electron chi connectivity index (χ1n) is 11.0. The van der Waals surface area contributed by atoms with Crippen LogP contribution in [0.25, 0.3) is 11.0 Å². The summed E-state index contributed by atoms with van der Waals surface area (Å²) in [5, 5.41) is 16.3. The summed E-state index contributed by atoms with van der Waals surface area (Å²) in [6, 6.07) is 18.1. The number of para-hydroxylation sites is 1. The Labute approximate surface area is 216 Å². The second-order valence-corrected chi connectivity index (χ2v) is 7.96. The number of hydrogen-bond acceptors (Lipinski definition) is 5. The maximum atomic E-state index is 6.03. The predicted molar refractivity (Wildman–Crippen MR) is 145 cm³/mol. The molecule has 1 atom stereocenters. The van der Waals surface area contributed by atoms with E-state index >= 15 is 0 Å². The predicted octanol–water partition coefficient (Wildman–Crippen LogP) is 4.54. The van der Waals surface area contributed by atoms with Crippen molar-refractivity contribution >= 4 is 40.9 Å². The molecule has 0 aliphatic carbocycles. The van der Waals surface area contributed by atoms with Crippen molar-refractivity contribution in [2.75, 3.05) is 13.7 Å². The van der Waals surface area contributed by atoms with Gasteiger partial charge in [-0.15, -0.1) is 34.2 Å². The van der Waals surface area contributed by atoms with Gasteiger partial charge in [-0.1, -0.05) is 30.3 Å². The fourth-order valence-electron chi connectivity index (χ4n) is 3.50. The van der Waals surface area contributed by atoms with E-state index < -0.39 is 0 Å². The van der Waals surface area contributed by atoms with Crippen molar-refractivity contribution in [2.45, 2.75) is 32.9 Å². The van der Waals surface area contributed by atoms with Gasteiger partial charge >= 0.3 is 0 Å². The van der Waals surface area contributed by atoms with Gasteiger partial charge in [-0.25, -0.2) is 4.99 Å². The molecule has 9 heteroatoms. The second-order valence-electron chi connectivity index (χ2n) is 7.96. The number of aryl methyl sites for hydroxylation is 1. The number of ether oxygens (including phenoxy) is 1. The van der Waals surface area contributed by atoms with Crippen LogP contribution in [0.3, 0.4) is 0 Å². The van der Waals surface area contributed by atoms with Crippen LogP contribution in [0.1, 0.15) is 35.9 Å². The quantitative estimate of drug-likeness (QED) is 0.183. The lowest BCUT2D eigenvalue weighted by Gasteiger charge is -2.17. The highest BCUT2D eigenvalue weighted by atomic mass is 127. The Morgan fingerprint density at radius 3 is 2.59 bits per heavy atom. The van der Waals surface area contributed by atoms with Crippen molar-refractivity contribution in [1.82, 2.24) is 25.4 Å². The fourth-order valence-corrected chi connectivity index (χ4v) is 3.50. The van der Waals surface area contributed by atoms with Crippen molar-refractivity contribution in [3.63, 3.8) is 0 Å². The van der Waals surface area contributed by atoms with E-state index in [0.717, 1.165) is 47.1 Å². The van der Waals surface area contributed by atoms with Crippen molar-refractivity contribution in [3.8, 4) is 5.75 Å². The Balaban J connectivity index is 0.00000324. The molecule has 0 saturated heterocycles. The first-order chi connectivity index (χ1) is 16.0. The number of aliphatic imine (C=N–C) groups is 1. The number of nitrogens with zero attached hydrogens (tertiary/aromatic N) is 4. The Morgan fingerprint density at radius 1 is 1.15 bits per heavy atom. The zero-order valence-corrected chi connectivity index (χ0v) is 22.2. The summed E-state index contributed by atoms with van der Waals surface area (Å²) in [7, 11) is 3.62. The highest BCUT2D eigenvalue weighted by Crippen LogP contribution is 2.23. The second kappa shape index (κ2) is 11.9. The van der Waals surface area contributed by atoms with Gasteiger partial charge < -0.3 is 24.4 Å². The molecule has 0 aliphatic heterocycles. The number of guanidine groups is 1. The highest BCUT2D eigenvalue weighted by Gasteiger charge is 2.14. The van der Waals surface area contributed by atoms with E-state index in [2.05, 4.69) is 46.0 Å². The van der Waals surface area contributed by atoms with Gasteiger partial charge in [0.05, 0.1) is 13.2 Å². The third-order valence-electron chi connectivity index (χ3n) is 5.65. The third kappa shape index (κ3) is 6.28. The maximum Gasteiger partial charge on any atom is 0.192 e. The van der Waals surface area contributed by atoms with Crippen LogP contribution < -0.4 is 15.4 Å². The van der Waals surface area contributed by atoms with Crippen LogP contribution in [-0.4, -0.2) is 34.4 Å². The molecule has 0 spiro atoms. The molecule has 0 bridgehead atoms. The van der Waals surface area contributed by atoms with Crippen molar-refractivity contribution in [2.24, 2.45) is 12.0 Å². The average molecular weight is 574 g/mol. The van der Waals surface area contributed by atoms with Crippen LogP contribution in [-0.2, 0) is 20.0 Å². The van der Waals surface area contributed by atoms with E-state index in [9.17, 15) is 0 Å². The summed E-state index contributed by atoms with van der Waals surface area (Å²) in [5.74, 6) is 4.07. The van der Waals surface area contributed by atoms with Gasteiger partial charge in [0, 0.05) is 19.0 Å². The highest BCUT2D eigenvalue weighted by molar-refractivity contribution is 14.0. The minimum atomic E-state index is -0.0640. The zero-order chi connectivity index (χ0) is 23.2. The average Bonchev–Trinajstić information content (AvgIpc) is 3.41. The molecule has 0 saturated carbocycles. The lowest BCUT2D eigenvalue weighted by Crippen LogP contribution is -2.39. The lowest BCUT2D eigenvalue weighted by atomic mass is 10.1. The van der Waals surface area contributed by atoms with Crippen LogP contribution in [0.15, 0.2) is 64.0 Å². The topological polar surface area (TPSA) is 89.5 Å². The van der Waals surface area contributed by atoms with E-state index in [4.69, 9.17) is 14.1 Å². The van der Waals surface area contributed by atoms with Crippen molar-refractivity contribution < 1.29 is 9.15 Å². The van der Waals surface area contributed by atoms with Gasteiger partial charge in [0.15, 0.2) is 11.8 Å². The van der Waals surface area contributed by atoms with Gasteiger partial charge in [0.2, 0.25) is 0 Å². The van der Waals surface area contributed by atoms with Gasteiger partial charge in [-0.2, -0.15) is 0 Å². The summed E-state index contributed by atoms with van der Waals surface area (Å²) < 4.78 is 13.2. The van der Waals surface area contributed by atoms with Gasteiger partial charge in [0.25, 0.3) is 0 Å². The summed E-state index contributed by atoms with van der Waals surface area (Å²) in [6.07, 6.45) is 0.854. The van der Waals surface area contributed by atoms with Crippen LogP contribution in [0, 0.1) is 6.92 Å². The van der Waals surface area contributed by atoms with Gasteiger partial charge in [-0.3, -0.25) is 0 Å². The zero-order valence-electron chi connectivity index (χ0n) is 19.9. The van der Waals surface area contributed by atoms with Crippen LogP contribution in [0.4, 0.5) is 0 Å². The third-order valence-corrected chi connectivity index (χ3v) is 5.65. The number of fused-ring (bicyclic) bond motifs is 1. The largest absolute Gasteiger partial charge is 0.497 e. The summed E-state index contributed by atoms with van der Waals surface area (Å²) in [6.45, 7) is 5.13. The molecule has 0 aliphatic rings. The van der Waals surface area contributed by atoms with E-state index in [1.54, 1.807) is 7.11 Å². The Bertz CT molecular complexity index is 1200. The molecule has 2 aromatic heterocycles. The molecule has 4 rings (SSSR count). The van der Waals surface area contributed by atoms with Gasteiger partial charge in [-0.05, 0) is 50.1 Å². The number of methoxy groups -OCH3 is 1. The SMILES string of the molecule is COc1ccc(CCNC(=NCc2nnc(C)n2C)NC(C)c2cc3ccccc3o2)cc1.I. The van der Waals surface area contributed by atoms with E-state index in [1.165, 1.54) is 5.56 Å². The smallest absolute Gasteiger partial charge is 0.192 e. The van der Waals surface area contributed by atoms with Crippen LogP contribution in [0.2, 0.25) is 0 Å². The number of rotatable bonds is 8. The number of hydrogen-bond donors (Lipinski definition) is 2. The summed E-state index contributed by atoms with van der Waals surface area (Å²) >= 11 is 0. The molecule has 0 fully saturated rings. The number of furan rings is 1. The Hall–Kier alpha value is -3.08. The number of nitrogens with one attached hydrogen (secondary N) is 2. The number of benzene rings is 2. The van der Waals surface area contributed by atoms with Crippen molar-refractivity contribution in [3.05, 3.63) is 77.6 Å². The molecule has 180 valence electrons. The Kier molecular flexibility index (Phi) is 8.91. The molecule has 8 nitrogen and oxygen atoms in total. The number of halogens is 1. The molecule has 2 heterocycles. The summed E-state index contributed by atoms with van der Waals surface area (Å²) in [4.78, 5) is 4.76. The maximum absolute atomic E-state index is 6.03. The van der Waals surface area contributed by atoms with Crippen molar-refractivity contribution in [1.29, 1.82) is 0 Å². The molecule has 2 N–H and O–H groups in total. The van der Waals surface area contributed by atoms with Crippen LogP contribution >= 0.6 is 24.0 Å². The molecule has 34 heavy (non-hydrogen) atoms. The molecule has 0 radical (unpaired) electrons. The number of aromatic nitrogens is 3. The lowest BCUT2D eigenvalue weighted by molar-refractivity contribution is 0.414. The first-order valence-corrected chi connectivity index (χ1v) is 11.0. The summed E-state index contributed by atoms with van der Waals surface area (Å²) in [5.41, 5.74) is 2.10. The van der Waals surface area contributed by atoms with E-state index in [-0.39, 0.29) is 30.0 Å². The normalized spacial score (nSPS) is 12.3. The molecular weight excluding hydrogens is 543 g/mol. The molecule has 0 amide bonds. The Morgan fingerprint density at radius 2 is 1.91 bits per heavy atom. The standard InChI is InChI=1S/C25H30N6O2.HI/c1-17(23-15-20-7-5-6-8-22(20)33-23)28-25(27-16-24-30-29-18(2)31(24)3)26-14-13-19-9-11-21(32-4)12-10-19;/h5-12,15,17H,13-14,16H2,1-4H3,(H2,26,27,28);1H. The fraction of sp³-hybridized carbons (Fsp3) is 0.320. The molecular formula is C25H31IN6O2. The molecule has 1 unspecified atom stereocenters. The van der Waals surface area contributed by atoms with Crippen LogP contribution in [0.5, 0.6) is 5.75 Å². The molecule has 2 aromatic carbocycles. The monoisotopic (exact) mass is 574 g/mol. The van der Waals surface area contributed by atoms with E-state index in [1.807, 2.05) is 54.9 Å². The first kappa shape index (κ1) is 25.5. The van der Waals surface area contributed by atoms with Gasteiger partial charge in [0.1, 0.15) is 29.5 Å². The van der Waals surface area contributed by atoms with E-state index in [0.29, 0.717) is 12.5 Å². The minimum Gasteiger partial charge on any atom is -0.497 e.